The molecule has 0 amide bonds. The normalized spacial score (nSPS) is 16.8. The van der Waals surface area contributed by atoms with Crippen molar-refractivity contribution in [2.24, 2.45) is 5.14 Å². The molecule has 0 saturated carbocycles. The molecular weight excluding hydrogens is 460 g/mol. The molecule has 2 heterocycles. The lowest BCUT2D eigenvalue weighted by Gasteiger charge is -2.26. The molecule has 0 saturated heterocycles. The fraction of sp³-hybridized carbons (Fsp3) is 0.208. The molecule has 3 aromatic carbocycles. The van der Waals surface area contributed by atoms with E-state index >= 15 is 0 Å². The van der Waals surface area contributed by atoms with Crippen molar-refractivity contribution in [3.05, 3.63) is 77.3 Å². The van der Waals surface area contributed by atoms with Gasteiger partial charge in [0, 0.05) is 18.1 Å². The van der Waals surface area contributed by atoms with Crippen molar-refractivity contribution in [2.75, 3.05) is 13.7 Å². The van der Waals surface area contributed by atoms with Gasteiger partial charge in [-0.2, -0.15) is 0 Å². The predicted octanol–water partition coefficient (Wildman–Crippen LogP) is 4.31. The Morgan fingerprint density at radius 1 is 1.09 bits per heavy atom. The zero-order valence-electron chi connectivity index (χ0n) is 17.8. The van der Waals surface area contributed by atoms with E-state index in [4.69, 9.17) is 24.3 Å². The van der Waals surface area contributed by atoms with Gasteiger partial charge >= 0.3 is 0 Å². The average molecular weight is 483 g/mol. The van der Waals surface area contributed by atoms with Crippen LogP contribution >= 0.6 is 11.3 Å². The van der Waals surface area contributed by atoms with Gasteiger partial charge in [-0.1, -0.05) is 30.3 Å². The lowest BCUT2D eigenvalue weighted by molar-refractivity contribution is 0.172. The first-order valence-electron chi connectivity index (χ1n) is 10.4. The van der Waals surface area contributed by atoms with Crippen LogP contribution in [0.2, 0.25) is 0 Å². The predicted molar refractivity (Wildman–Crippen MR) is 127 cm³/mol. The molecule has 0 bridgehead atoms. The second-order valence-corrected chi connectivity index (χ2v) is 10.3. The highest BCUT2D eigenvalue weighted by atomic mass is 32.2. The highest BCUT2D eigenvalue weighted by Gasteiger charge is 2.34. The van der Waals surface area contributed by atoms with Crippen LogP contribution in [0.3, 0.4) is 0 Å². The van der Waals surface area contributed by atoms with Gasteiger partial charge in [-0.3, -0.25) is 0 Å². The highest BCUT2D eigenvalue weighted by molar-refractivity contribution is 7.89. The van der Waals surface area contributed by atoms with Gasteiger partial charge in [-0.15, -0.1) is 11.3 Å². The Balaban J connectivity index is 1.61. The largest absolute Gasteiger partial charge is 0.496 e. The molecule has 1 aliphatic rings. The van der Waals surface area contributed by atoms with Gasteiger partial charge in [-0.05, 0) is 30.3 Å². The third kappa shape index (κ3) is 4.27. The molecule has 170 valence electrons. The number of hydrogen-bond donors (Lipinski definition) is 1. The minimum atomic E-state index is -3.85. The van der Waals surface area contributed by atoms with Gasteiger partial charge < -0.3 is 14.2 Å². The molecule has 2 N–H and O–H groups in total. The van der Waals surface area contributed by atoms with Crippen molar-refractivity contribution in [3.63, 3.8) is 0 Å². The molecule has 0 aliphatic carbocycles. The maximum absolute atomic E-state index is 11.8. The highest BCUT2D eigenvalue weighted by Crippen LogP contribution is 2.43. The summed E-state index contributed by atoms with van der Waals surface area (Å²) in [6, 6.07) is 20.3. The number of thiazole rings is 1. The summed E-state index contributed by atoms with van der Waals surface area (Å²) in [6.07, 6.45) is 0.251. The number of primary sulfonamides is 1. The Morgan fingerprint density at radius 2 is 1.88 bits per heavy atom. The van der Waals surface area contributed by atoms with Crippen molar-refractivity contribution in [3.8, 4) is 17.2 Å². The Hall–Kier alpha value is -3.14. The van der Waals surface area contributed by atoms with Crippen LogP contribution in [0, 0.1) is 0 Å². The van der Waals surface area contributed by atoms with Gasteiger partial charge in [0.2, 0.25) is 10.0 Å². The molecule has 4 aromatic rings. The number of nitrogens with two attached hydrogens (primary N) is 1. The summed E-state index contributed by atoms with van der Waals surface area (Å²) < 4.78 is 42.6. The standard InChI is InChI=1S/C24H22N2O5S2/c1-29-18-8-4-2-6-16(18)23(24-26-17-7-3-5-9-22(17)32-24)20-12-13-30-21-14-15(33(25,27)28)10-11-19(21)31-20/h2-11,14,20,23H,12-13H2,1H3,(H2,25,27,28)/t20?,23-/m1/s1. The zero-order chi connectivity index (χ0) is 23.0. The Morgan fingerprint density at radius 3 is 2.67 bits per heavy atom. The molecule has 1 unspecified atom stereocenters. The maximum atomic E-state index is 11.8. The molecule has 1 aromatic heterocycles. The average Bonchev–Trinajstić information content (AvgIpc) is 3.11. The molecule has 0 fully saturated rings. The van der Waals surface area contributed by atoms with Gasteiger partial charge in [-0.25, -0.2) is 18.5 Å². The van der Waals surface area contributed by atoms with Crippen LogP contribution in [-0.2, 0) is 10.0 Å². The summed E-state index contributed by atoms with van der Waals surface area (Å²) in [5, 5.41) is 6.19. The molecule has 2 atom stereocenters. The van der Waals surface area contributed by atoms with Crippen molar-refractivity contribution in [1.29, 1.82) is 0 Å². The minimum absolute atomic E-state index is 0.0178. The Kier molecular flexibility index (Phi) is 5.69. The van der Waals surface area contributed by atoms with E-state index < -0.39 is 10.0 Å². The number of para-hydroxylation sites is 2. The SMILES string of the molecule is COc1ccccc1[C@@H](c1nc2ccccc2s1)C1CCOc2cc(S(N)(=O)=O)ccc2O1. The number of fused-ring (bicyclic) bond motifs is 2. The maximum Gasteiger partial charge on any atom is 0.238 e. The monoisotopic (exact) mass is 482 g/mol. The molecule has 9 heteroatoms. The number of aromatic nitrogens is 1. The summed E-state index contributed by atoms with van der Waals surface area (Å²) >= 11 is 1.62. The Labute approximate surface area is 195 Å². The van der Waals surface area contributed by atoms with Crippen molar-refractivity contribution >= 4 is 31.6 Å². The van der Waals surface area contributed by atoms with E-state index in [0.717, 1.165) is 26.5 Å². The molecule has 1 aliphatic heterocycles. The summed E-state index contributed by atoms with van der Waals surface area (Å²) in [7, 11) is -2.20. The van der Waals surface area contributed by atoms with Crippen LogP contribution in [0.4, 0.5) is 0 Å². The number of ether oxygens (including phenoxy) is 3. The number of sulfonamides is 1. The summed E-state index contributed by atoms with van der Waals surface area (Å²) in [6.45, 7) is 0.349. The first-order chi connectivity index (χ1) is 15.9. The fourth-order valence-electron chi connectivity index (χ4n) is 4.06. The fourth-order valence-corrected chi connectivity index (χ4v) is 5.72. The molecule has 7 nitrogen and oxygen atoms in total. The minimum Gasteiger partial charge on any atom is -0.496 e. The second-order valence-electron chi connectivity index (χ2n) is 7.69. The van der Waals surface area contributed by atoms with Crippen molar-refractivity contribution < 1.29 is 22.6 Å². The van der Waals surface area contributed by atoms with Gasteiger partial charge in [0.25, 0.3) is 0 Å². The van der Waals surface area contributed by atoms with Gasteiger partial charge in [0.1, 0.15) is 16.9 Å². The van der Waals surface area contributed by atoms with E-state index in [1.54, 1.807) is 24.5 Å². The van der Waals surface area contributed by atoms with Crippen molar-refractivity contribution in [1.82, 2.24) is 4.98 Å². The van der Waals surface area contributed by atoms with Crippen LogP contribution in [0.15, 0.2) is 71.6 Å². The van der Waals surface area contributed by atoms with Gasteiger partial charge in [0.05, 0.1) is 34.7 Å². The number of nitrogens with zero attached hydrogens (tertiary/aromatic N) is 1. The van der Waals surface area contributed by atoms with Crippen LogP contribution in [-0.4, -0.2) is 33.2 Å². The third-order valence-corrected chi connectivity index (χ3v) is 7.63. The lowest BCUT2D eigenvalue weighted by Crippen LogP contribution is -2.27. The molecule has 5 rings (SSSR count). The first kappa shape index (κ1) is 21.7. The van der Waals surface area contributed by atoms with E-state index in [2.05, 4.69) is 6.07 Å². The number of methoxy groups -OCH3 is 1. The number of benzene rings is 3. The molecular formula is C24H22N2O5S2. The van der Waals surface area contributed by atoms with E-state index in [9.17, 15) is 8.42 Å². The smallest absolute Gasteiger partial charge is 0.238 e. The summed E-state index contributed by atoms with van der Waals surface area (Å²) in [5.41, 5.74) is 1.90. The van der Waals surface area contributed by atoms with Crippen molar-refractivity contribution in [2.45, 2.75) is 23.3 Å². The van der Waals surface area contributed by atoms with E-state index in [0.29, 0.717) is 24.5 Å². The number of hydrogen-bond acceptors (Lipinski definition) is 7. The quantitative estimate of drug-likeness (QED) is 0.455. The lowest BCUT2D eigenvalue weighted by atomic mass is 9.91. The van der Waals surface area contributed by atoms with Crippen LogP contribution in [0.25, 0.3) is 10.2 Å². The summed E-state index contributed by atoms with van der Waals surface area (Å²) in [4.78, 5) is 4.90. The molecule has 33 heavy (non-hydrogen) atoms. The van der Waals surface area contributed by atoms with Crippen LogP contribution < -0.4 is 19.3 Å². The van der Waals surface area contributed by atoms with E-state index in [-0.39, 0.29) is 16.9 Å². The second kappa shape index (κ2) is 8.66. The first-order valence-corrected chi connectivity index (χ1v) is 12.7. The number of rotatable bonds is 5. The third-order valence-electron chi connectivity index (χ3n) is 5.60. The van der Waals surface area contributed by atoms with Crippen LogP contribution in [0.1, 0.15) is 22.9 Å². The Bertz CT molecular complexity index is 1380. The summed E-state index contributed by atoms with van der Waals surface area (Å²) in [5.74, 6) is 1.35. The topological polar surface area (TPSA) is 101 Å². The van der Waals surface area contributed by atoms with E-state index in [1.807, 2.05) is 42.5 Å². The van der Waals surface area contributed by atoms with Crippen LogP contribution in [0.5, 0.6) is 17.2 Å². The van der Waals surface area contributed by atoms with Gasteiger partial charge in [0.15, 0.2) is 11.5 Å². The molecule has 0 spiro atoms. The van der Waals surface area contributed by atoms with E-state index in [1.165, 1.54) is 12.1 Å². The molecule has 0 radical (unpaired) electrons. The zero-order valence-corrected chi connectivity index (χ0v) is 19.4.